The largest absolute Gasteiger partial charge is 0.403 e. The Labute approximate surface area is 187 Å². The number of carbonyl (C=O) groups excluding carboxylic acids is 2. The average molecular weight is 443 g/mol. The minimum atomic E-state index is -0.514. The lowest BCUT2D eigenvalue weighted by Gasteiger charge is -2.07. The molecule has 0 fully saturated rings. The van der Waals surface area contributed by atoms with Crippen LogP contribution in [0.25, 0.3) is 11.5 Å². The van der Waals surface area contributed by atoms with E-state index in [0.717, 1.165) is 5.56 Å². The molecule has 33 heavy (non-hydrogen) atoms. The molecule has 0 saturated heterocycles. The summed E-state index contributed by atoms with van der Waals surface area (Å²) in [5.74, 6) is -0.711. The number of benzene rings is 3. The van der Waals surface area contributed by atoms with Gasteiger partial charge in [0.25, 0.3) is 17.5 Å². The maximum Gasteiger partial charge on any atom is 0.322 e. The molecule has 0 atom stereocenters. The maximum atomic E-state index is 12.6. The van der Waals surface area contributed by atoms with E-state index in [9.17, 15) is 19.7 Å². The van der Waals surface area contributed by atoms with Crippen LogP contribution in [0.2, 0.25) is 0 Å². The van der Waals surface area contributed by atoms with Crippen molar-refractivity contribution in [1.82, 2.24) is 10.2 Å². The molecule has 1 heterocycles. The van der Waals surface area contributed by atoms with E-state index in [-0.39, 0.29) is 29.1 Å². The van der Waals surface area contributed by atoms with Gasteiger partial charge in [0.1, 0.15) is 0 Å². The number of nitro groups is 1. The molecule has 0 radical (unpaired) electrons. The highest BCUT2D eigenvalue weighted by Crippen LogP contribution is 2.23. The first-order chi connectivity index (χ1) is 15.9. The number of aryl methyl sites for hydroxylation is 1. The zero-order chi connectivity index (χ0) is 23.4. The fourth-order valence-corrected chi connectivity index (χ4v) is 2.93. The molecule has 0 aliphatic carbocycles. The first kappa shape index (κ1) is 21.4. The average Bonchev–Trinajstić information content (AvgIpc) is 3.28. The molecule has 2 N–H and O–H groups in total. The molecule has 2 amide bonds. The molecule has 0 unspecified atom stereocenters. The number of non-ortho nitro benzene ring substituents is 1. The lowest BCUT2D eigenvalue weighted by molar-refractivity contribution is -0.384. The summed E-state index contributed by atoms with van der Waals surface area (Å²) >= 11 is 0. The van der Waals surface area contributed by atoms with Gasteiger partial charge in [-0.2, -0.15) is 0 Å². The van der Waals surface area contributed by atoms with E-state index >= 15 is 0 Å². The predicted octanol–water partition coefficient (Wildman–Crippen LogP) is 4.46. The monoisotopic (exact) mass is 443 g/mol. The second-order valence-electron chi connectivity index (χ2n) is 7.07. The summed E-state index contributed by atoms with van der Waals surface area (Å²) in [6, 6.07) is 19.0. The van der Waals surface area contributed by atoms with Crippen LogP contribution in [-0.4, -0.2) is 26.9 Å². The zero-order valence-electron chi connectivity index (χ0n) is 17.3. The minimum Gasteiger partial charge on any atom is -0.403 e. The second kappa shape index (κ2) is 9.10. The smallest absolute Gasteiger partial charge is 0.322 e. The number of carbonyl (C=O) groups is 2. The van der Waals surface area contributed by atoms with Gasteiger partial charge in [-0.25, -0.2) is 0 Å². The van der Waals surface area contributed by atoms with Crippen molar-refractivity contribution in [3.8, 4) is 11.5 Å². The van der Waals surface area contributed by atoms with Crippen molar-refractivity contribution < 1.29 is 18.9 Å². The lowest BCUT2D eigenvalue weighted by Crippen LogP contribution is -2.14. The van der Waals surface area contributed by atoms with Gasteiger partial charge in [0.15, 0.2) is 0 Å². The van der Waals surface area contributed by atoms with Crippen molar-refractivity contribution >= 4 is 29.2 Å². The lowest BCUT2D eigenvalue weighted by atomic mass is 10.1. The van der Waals surface area contributed by atoms with Gasteiger partial charge in [0, 0.05) is 34.5 Å². The number of hydrogen-bond acceptors (Lipinski definition) is 7. The molecule has 0 bridgehead atoms. The summed E-state index contributed by atoms with van der Waals surface area (Å²) in [5.41, 5.74) is 2.66. The van der Waals surface area contributed by atoms with Crippen molar-refractivity contribution in [2.75, 3.05) is 10.6 Å². The summed E-state index contributed by atoms with van der Waals surface area (Å²) < 4.78 is 5.43. The predicted molar refractivity (Wildman–Crippen MR) is 120 cm³/mol. The van der Waals surface area contributed by atoms with Crippen molar-refractivity contribution in [1.29, 1.82) is 0 Å². The minimum absolute atomic E-state index is 0.0684. The third-order valence-electron chi connectivity index (χ3n) is 4.67. The highest BCUT2D eigenvalue weighted by Gasteiger charge is 2.15. The summed E-state index contributed by atoms with van der Waals surface area (Å²) in [7, 11) is 0. The van der Waals surface area contributed by atoms with Crippen LogP contribution in [0.5, 0.6) is 0 Å². The number of rotatable bonds is 6. The van der Waals surface area contributed by atoms with Gasteiger partial charge in [-0.05, 0) is 49.4 Å². The topological polar surface area (TPSA) is 140 Å². The van der Waals surface area contributed by atoms with E-state index in [4.69, 9.17) is 4.42 Å². The molecule has 10 nitrogen and oxygen atoms in total. The second-order valence-corrected chi connectivity index (χ2v) is 7.07. The molecule has 0 spiro atoms. The van der Waals surface area contributed by atoms with E-state index in [2.05, 4.69) is 20.8 Å². The molecule has 3 aromatic carbocycles. The number of nitrogens with one attached hydrogen (secondary N) is 2. The first-order valence-corrected chi connectivity index (χ1v) is 9.77. The molecule has 4 aromatic rings. The van der Waals surface area contributed by atoms with Crippen LogP contribution in [0.15, 0.2) is 77.2 Å². The molecular weight excluding hydrogens is 426 g/mol. The Bertz CT molecular complexity index is 1330. The Morgan fingerprint density at radius 1 is 0.879 bits per heavy atom. The number of amides is 2. The van der Waals surface area contributed by atoms with Gasteiger partial charge in [-0.3, -0.25) is 25.0 Å². The molecule has 4 rings (SSSR count). The summed E-state index contributed by atoms with van der Waals surface area (Å²) in [6.07, 6.45) is 0. The van der Waals surface area contributed by atoms with E-state index < -0.39 is 10.8 Å². The molecular formula is C23H17N5O5. The summed E-state index contributed by atoms with van der Waals surface area (Å²) in [5, 5.41) is 23.6. The highest BCUT2D eigenvalue weighted by atomic mass is 16.6. The first-order valence-electron chi connectivity index (χ1n) is 9.77. The van der Waals surface area contributed by atoms with Crippen LogP contribution in [0, 0.1) is 17.0 Å². The van der Waals surface area contributed by atoms with E-state index in [1.807, 2.05) is 19.1 Å². The van der Waals surface area contributed by atoms with Gasteiger partial charge in [-0.15, -0.1) is 5.10 Å². The molecule has 0 aliphatic rings. The molecule has 10 heteroatoms. The Hall–Kier alpha value is -4.86. The molecule has 0 aliphatic heterocycles. The van der Waals surface area contributed by atoms with Gasteiger partial charge in [0.2, 0.25) is 5.89 Å². The number of hydrogen-bond donors (Lipinski definition) is 2. The highest BCUT2D eigenvalue weighted by molar-refractivity contribution is 6.06. The van der Waals surface area contributed by atoms with Crippen molar-refractivity contribution in [3.63, 3.8) is 0 Å². The Balaban J connectivity index is 1.43. The number of aromatic nitrogens is 2. The van der Waals surface area contributed by atoms with Crippen LogP contribution in [0.3, 0.4) is 0 Å². The van der Waals surface area contributed by atoms with Crippen molar-refractivity contribution in [2.24, 2.45) is 0 Å². The van der Waals surface area contributed by atoms with Gasteiger partial charge < -0.3 is 9.73 Å². The third-order valence-corrected chi connectivity index (χ3v) is 4.67. The number of nitro benzene ring substituents is 1. The van der Waals surface area contributed by atoms with E-state index in [0.29, 0.717) is 16.8 Å². The maximum absolute atomic E-state index is 12.6. The Morgan fingerprint density at radius 2 is 1.58 bits per heavy atom. The fourth-order valence-electron chi connectivity index (χ4n) is 2.93. The Morgan fingerprint density at radius 3 is 2.27 bits per heavy atom. The number of anilines is 2. The summed E-state index contributed by atoms with van der Waals surface area (Å²) in [6.45, 7) is 1.93. The van der Waals surface area contributed by atoms with Crippen LogP contribution in [-0.2, 0) is 0 Å². The molecule has 1 aromatic heterocycles. The normalized spacial score (nSPS) is 10.5. The number of nitrogens with zero attached hydrogens (tertiary/aromatic N) is 3. The van der Waals surface area contributed by atoms with Crippen molar-refractivity contribution in [3.05, 3.63) is 99.6 Å². The van der Waals surface area contributed by atoms with Crippen LogP contribution in [0.4, 0.5) is 17.4 Å². The molecule has 164 valence electrons. The van der Waals surface area contributed by atoms with Gasteiger partial charge in [0.05, 0.1) is 4.92 Å². The van der Waals surface area contributed by atoms with E-state index in [1.165, 1.54) is 30.3 Å². The molecule has 0 saturated carbocycles. The Kier molecular flexibility index (Phi) is 5.90. The van der Waals surface area contributed by atoms with Crippen LogP contribution in [0.1, 0.15) is 26.3 Å². The van der Waals surface area contributed by atoms with Crippen LogP contribution < -0.4 is 10.6 Å². The summed E-state index contributed by atoms with van der Waals surface area (Å²) in [4.78, 5) is 35.3. The van der Waals surface area contributed by atoms with Crippen molar-refractivity contribution in [2.45, 2.75) is 6.92 Å². The standard InChI is InChI=1S/C23H17N5O5/c1-14-5-7-15(8-6-14)20(29)24-18-4-2-3-17(13-18)21(30)25-23-27-26-22(33-23)16-9-11-19(12-10-16)28(31)32/h2-13H,1H3,(H,24,29)(H,25,27,30). The van der Waals surface area contributed by atoms with Gasteiger partial charge >= 0.3 is 6.01 Å². The fraction of sp³-hybridized carbons (Fsp3) is 0.0435. The van der Waals surface area contributed by atoms with Gasteiger partial charge in [-0.1, -0.05) is 28.9 Å². The SMILES string of the molecule is Cc1ccc(C(=O)Nc2cccc(C(=O)Nc3nnc(-c4ccc([N+](=O)[O-])cc4)o3)c2)cc1. The zero-order valence-corrected chi connectivity index (χ0v) is 17.3. The van der Waals surface area contributed by atoms with Crippen LogP contribution >= 0.6 is 0 Å². The quantitative estimate of drug-likeness (QED) is 0.331. The third kappa shape index (κ3) is 5.07. The van der Waals surface area contributed by atoms with E-state index in [1.54, 1.807) is 30.3 Å².